The van der Waals surface area contributed by atoms with Gasteiger partial charge >= 0.3 is 0 Å². The second-order valence-electron chi connectivity index (χ2n) is 4.95. The van der Waals surface area contributed by atoms with Crippen molar-refractivity contribution >= 4 is 10.0 Å². The number of hydrogen-bond donors (Lipinski definition) is 1. The van der Waals surface area contributed by atoms with E-state index >= 15 is 0 Å². The Kier molecular flexibility index (Phi) is 5.81. The largest absolute Gasteiger partial charge is 0.349 e. The third kappa shape index (κ3) is 3.85. The molecule has 0 saturated carbocycles. The summed E-state index contributed by atoms with van der Waals surface area (Å²) in [6, 6.07) is 2.06. The SMILES string of the molecule is C#CCN(C)S(=O)(=O)c1cc(CNC(C)C)n(CC)c1. The molecule has 0 amide bonds. The van der Waals surface area contributed by atoms with Crippen LogP contribution in [0.1, 0.15) is 26.5 Å². The normalized spacial score (nSPS) is 12.1. The molecule has 6 heteroatoms. The summed E-state index contributed by atoms with van der Waals surface area (Å²) in [6.07, 6.45) is 6.84. The maximum atomic E-state index is 12.3. The highest BCUT2D eigenvalue weighted by molar-refractivity contribution is 7.89. The third-order valence-electron chi connectivity index (χ3n) is 3.02. The van der Waals surface area contributed by atoms with Crippen LogP contribution in [-0.4, -0.2) is 36.9 Å². The van der Waals surface area contributed by atoms with Crippen molar-refractivity contribution in [3.63, 3.8) is 0 Å². The zero-order valence-electron chi connectivity index (χ0n) is 12.5. The lowest BCUT2D eigenvalue weighted by Gasteiger charge is -2.12. The monoisotopic (exact) mass is 297 g/mol. The number of aryl methyl sites for hydroxylation is 1. The molecule has 0 atom stereocenters. The van der Waals surface area contributed by atoms with Gasteiger partial charge in [-0.3, -0.25) is 0 Å². The Bertz CT molecular complexity index is 582. The Morgan fingerprint density at radius 2 is 2.15 bits per heavy atom. The van der Waals surface area contributed by atoms with Crippen LogP contribution in [-0.2, 0) is 23.1 Å². The number of nitrogens with zero attached hydrogens (tertiary/aromatic N) is 2. The van der Waals surface area contributed by atoms with E-state index in [0.29, 0.717) is 12.6 Å². The van der Waals surface area contributed by atoms with E-state index in [2.05, 4.69) is 25.1 Å². The maximum absolute atomic E-state index is 12.3. The Balaban J connectivity index is 3.06. The van der Waals surface area contributed by atoms with Crippen molar-refractivity contribution in [1.82, 2.24) is 14.2 Å². The van der Waals surface area contributed by atoms with Crippen molar-refractivity contribution in [3.8, 4) is 12.3 Å². The Labute approximate surface area is 122 Å². The van der Waals surface area contributed by atoms with Crippen LogP contribution in [0.4, 0.5) is 0 Å². The molecule has 0 spiro atoms. The summed E-state index contributed by atoms with van der Waals surface area (Å²) in [7, 11) is -2.02. The molecule has 112 valence electrons. The fourth-order valence-corrected chi connectivity index (χ4v) is 2.96. The van der Waals surface area contributed by atoms with Gasteiger partial charge in [0.25, 0.3) is 0 Å². The predicted molar refractivity (Wildman–Crippen MR) is 80.7 cm³/mol. The molecule has 20 heavy (non-hydrogen) atoms. The van der Waals surface area contributed by atoms with Crippen LogP contribution in [0.5, 0.6) is 0 Å². The molecular weight excluding hydrogens is 274 g/mol. The highest BCUT2D eigenvalue weighted by atomic mass is 32.2. The van der Waals surface area contributed by atoms with E-state index in [9.17, 15) is 8.42 Å². The summed E-state index contributed by atoms with van der Waals surface area (Å²) in [5.41, 5.74) is 0.953. The summed E-state index contributed by atoms with van der Waals surface area (Å²) in [5.74, 6) is 2.35. The first-order valence-electron chi connectivity index (χ1n) is 6.65. The minimum Gasteiger partial charge on any atom is -0.349 e. The quantitative estimate of drug-likeness (QED) is 0.771. The van der Waals surface area contributed by atoms with E-state index in [1.54, 1.807) is 12.3 Å². The van der Waals surface area contributed by atoms with Gasteiger partial charge in [-0.1, -0.05) is 19.8 Å². The standard InChI is InChI=1S/C14H23N3O2S/c1-6-8-16(5)20(18,19)14-9-13(10-15-12(3)4)17(7-2)11-14/h1,9,11-12,15H,7-8,10H2,2-5H3. The molecule has 5 nitrogen and oxygen atoms in total. The number of terminal acetylenes is 1. The van der Waals surface area contributed by atoms with Crippen LogP contribution < -0.4 is 5.32 Å². The highest BCUT2D eigenvalue weighted by Crippen LogP contribution is 2.18. The summed E-state index contributed by atoms with van der Waals surface area (Å²) in [6.45, 7) is 7.53. The van der Waals surface area contributed by atoms with Gasteiger partial charge in [0, 0.05) is 38.1 Å². The van der Waals surface area contributed by atoms with Crippen molar-refractivity contribution in [2.75, 3.05) is 13.6 Å². The molecule has 1 aromatic rings. The Morgan fingerprint density at radius 1 is 1.50 bits per heavy atom. The summed E-state index contributed by atoms with van der Waals surface area (Å²) >= 11 is 0. The van der Waals surface area contributed by atoms with Crippen molar-refractivity contribution in [3.05, 3.63) is 18.0 Å². The first kappa shape index (κ1) is 16.8. The number of aromatic nitrogens is 1. The molecule has 0 fully saturated rings. The molecule has 0 aliphatic rings. The van der Waals surface area contributed by atoms with E-state index in [-0.39, 0.29) is 11.4 Å². The molecule has 1 aromatic heterocycles. The number of rotatable bonds is 7. The molecule has 0 radical (unpaired) electrons. The van der Waals surface area contributed by atoms with E-state index in [1.807, 2.05) is 11.5 Å². The van der Waals surface area contributed by atoms with Gasteiger partial charge in [-0.15, -0.1) is 6.42 Å². The van der Waals surface area contributed by atoms with Crippen LogP contribution >= 0.6 is 0 Å². The summed E-state index contributed by atoms with van der Waals surface area (Å²) in [5, 5.41) is 3.29. The van der Waals surface area contributed by atoms with E-state index in [0.717, 1.165) is 12.2 Å². The van der Waals surface area contributed by atoms with Crippen LogP contribution in [0.3, 0.4) is 0 Å². The number of sulfonamides is 1. The molecule has 1 rings (SSSR count). The third-order valence-corrected chi connectivity index (χ3v) is 4.78. The average Bonchev–Trinajstić information content (AvgIpc) is 2.80. The van der Waals surface area contributed by atoms with Gasteiger partial charge < -0.3 is 9.88 Å². The zero-order chi connectivity index (χ0) is 15.3. The average molecular weight is 297 g/mol. The first-order valence-corrected chi connectivity index (χ1v) is 8.09. The molecule has 0 aliphatic heterocycles. The smallest absolute Gasteiger partial charge is 0.245 e. The zero-order valence-corrected chi connectivity index (χ0v) is 13.4. The Morgan fingerprint density at radius 3 is 2.65 bits per heavy atom. The lowest BCUT2D eigenvalue weighted by Crippen LogP contribution is -2.27. The maximum Gasteiger partial charge on any atom is 0.245 e. The van der Waals surface area contributed by atoms with Gasteiger partial charge in [0.15, 0.2) is 0 Å². The second kappa shape index (κ2) is 6.93. The van der Waals surface area contributed by atoms with Crippen LogP contribution in [0.15, 0.2) is 17.2 Å². The molecule has 0 aromatic carbocycles. The van der Waals surface area contributed by atoms with Crippen molar-refractivity contribution in [2.45, 2.75) is 44.8 Å². The van der Waals surface area contributed by atoms with Gasteiger partial charge in [0.05, 0.1) is 6.54 Å². The van der Waals surface area contributed by atoms with Gasteiger partial charge in [-0.2, -0.15) is 4.31 Å². The molecule has 0 bridgehead atoms. The fourth-order valence-electron chi connectivity index (χ4n) is 1.81. The highest BCUT2D eigenvalue weighted by Gasteiger charge is 2.22. The minimum atomic E-state index is -3.51. The second-order valence-corrected chi connectivity index (χ2v) is 7.00. The van der Waals surface area contributed by atoms with Crippen LogP contribution in [0, 0.1) is 12.3 Å². The van der Waals surface area contributed by atoms with E-state index in [4.69, 9.17) is 6.42 Å². The van der Waals surface area contributed by atoms with Crippen molar-refractivity contribution < 1.29 is 8.42 Å². The van der Waals surface area contributed by atoms with E-state index < -0.39 is 10.0 Å². The van der Waals surface area contributed by atoms with Gasteiger partial charge in [0.2, 0.25) is 10.0 Å². The lowest BCUT2D eigenvalue weighted by molar-refractivity contribution is 0.503. The first-order chi connectivity index (χ1) is 9.32. The van der Waals surface area contributed by atoms with E-state index in [1.165, 1.54) is 11.4 Å². The lowest BCUT2D eigenvalue weighted by atomic mass is 10.3. The molecule has 0 aliphatic carbocycles. The van der Waals surface area contributed by atoms with Gasteiger partial charge in [0.1, 0.15) is 4.90 Å². The molecule has 1 heterocycles. The van der Waals surface area contributed by atoms with Gasteiger partial charge in [-0.25, -0.2) is 8.42 Å². The fraction of sp³-hybridized carbons (Fsp3) is 0.571. The molecular formula is C14H23N3O2S. The molecule has 0 unspecified atom stereocenters. The summed E-state index contributed by atoms with van der Waals surface area (Å²) in [4.78, 5) is 0.289. The predicted octanol–water partition coefficient (Wildman–Crippen LogP) is 1.26. The molecule has 0 saturated heterocycles. The number of nitrogens with one attached hydrogen (secondary N) is 1. The summed E-state index contributed by atoms with van der Waals surface area (Å²) < 4.78 is 27.8. The van der Waals surface area contributed by atoms with Crippen LogP contribution in [0.2, 0.25) is 0 Å². The van der Waals surface area contributed by atoms with Crippen molar-refractivity contribution in [1.29, 1.82) is 0 Å². The molecule has 1 N–H and O–H groups in total. The Hall–Kier alpha value is -1.29. The topological polar surface area (TPSA) is 54.3 Å². The minimum absolute atomic E-state index is 0.0687. The van der Waals surface area contributed by atoms with Crippen LogP contribution in [0.25, 0.3) is 0 Å². The van der Waals surface area contributed by atoms with Gasteiger partial charge in [-0.05, 0) is 13.0 Å². The number of hydrogen-bond acceptors (Lipinski definition) is 3. The van der Waals surface area contributed by atoms with Crippen molar-refractivity contribution in [2.24, 2.45) is 0 Å².